The second-order valence-electron chi connectivity index (χ2n) is 5.75. The zero-order chi connectivity index (χ0) is 15.2. The van der Waals surface area contributed by atoms with Crippen molar-refractivity contribution in [3.63, 3.8) is 0 Å². The Bertz CT molecular complexity index is 448. The molecule has 1 aromatic carbocycles. The van der Waals surface area contributed by atoms with Gasteiger partial charge in [-0.1, -0.05) is 30.9 Å². The van der Waals surface area contributed by atoms with Crippen LogP contribution in [0.4, 0.5) is 4.39 Å². The van der Waals surface area contributed by atoms with Crippen molar-refractivity contribution in [2.75, 3.05) is 13.7 Å². The monoisotopic (exact) mass is 313 g/mol. The number of hydrogen-bond acceptors (Lipinski definition) is 2. The van der Waals surface area contributed by atoms with E-state index in [1.807, 2.05) is 14.0 Å². The lowest BCUT2D eigenvalue weighted by Gasteiger charge is -2.36. The van der Waals surface area contributed by atoms with Crippen LogP contribution in [0.5, 0.6) is 0 Å². The van der Waals surface area contributed by atoms with E-state index in [0.717, 1.165) is 5.56 Å². The molecular weight excluding hydrogens is 289 g/mol. The van der Waals surface area contributed by atoms with Crippen molar-refractivity contribution in [1.82, 2.24) is 5.32 Å². The van der Waals surface area contributed by atoms with Gasteiger partial charge < -0.3 is 10.1 Å². The second kappa shape index (κ2) is 8.11. The molecule has 0 bridgehead atoms. The predicted molar refractivity (Wildman–Crippen MR) is 85.2 cm³/mol. The van der Waals surface area contributed by atoms with Crippen LogP contribution in [0.1, 0.15) is 50.6 Å². The molecule has 4 heteroatoms. The first-order valence-corrected chi connectivity index (χ1v) is 8.29. The second-order valence-corrected chi connectivity index (χ2v) is 6.16. The number of hydrogen-bond donors (Lipinski definition) is 1. The molecule has 0 aromatic heterocycles. The Kier molecular flexibility index (Phi) is 6.46. The van der Waals surface area contributed by atoms with E-state index in [1.165, 1.54) is 44.2 Å². The van der Waals surface area contributed by atoms with Crippen LogP contribution in [0, 0.1) is 11.7 Å². The third kappa shape index (κ3) is 4.18. The average molecular weight is 314 g/mol. The molecule has 2 nitrogen and oxygen atoms in total. The lowest BCUT2D eigenvalue weighted by molar-refractivity contribution is -0.0168. The van der Waals surface area contributed by atoms with Crippen LogP contribution < -0.4 is 5.32 Å². The maximum atomic E-state index is 13.6. The normalized spacial score (nSPS) is 19.4. The zero-order valence-electron chi connectivity index (χ0n) is 12.9. The molecule has 0 radical (unpaired) electrons. The predicted octanol–water partition coefficient (Wildman–Crippen LogP) is 4.73. The summed E-state index contributed by atoms with van der Waals surface area (Å²) in [5, 5.41) is 3.89. The fourth-order valence-electron chi connectivity index (χ4n) is 3.41. The van der Waals surface area contributed by atoms with E-state index in [0.29, 0.717) is 17.5 Å². The molecule has 118 valence electrons. The van der Waals surface area contributed by atoms with E-state index < -0.39 is 0 Å². The molecule has 21 heavy (non-hydrogen) atoms. The highest BCUT2D eigenvalue weighted by Crippen LogP contribution is 2.36. The summed E-state index contributed by atoms with van der Waals surface area (Å²) in [7, 11) is 1.89. The summed E-state index contributed by atoms with van der Waals surface area (Å²) < 4.78 is 19.6. The Morgan fingerprint density at radius 3 is 2.67 bits per heavy atom. The number of rotatable bonds is 6. The minimum absolute atomic E-state index is 0.0413. The van der Waals surface area contributed by atoms with Crippen molar-refractivity contribution < 1.29 is 9.13 Å². The van der Waals surface area contributed by atoms with E-state index in [2.05, 4.69) is 5.32 Å². The van der Waals surface area contributed by atoms with Gasteiger partial charge in [-0.15, -0.1) is 0 Å². The molecule has 0 amide bonds. The molecule has 0 aliphatic heterocycles. The van der Waals surface area contributed by atoms with Gasteiger partial charge in [-0.25, -0.2) is 4.39 Å². The molecule has 0 spiro atoms. The Morgan fingerprint density at radius 1 is 1.33 bits per heavy atom. The van der Waals surface area contributed by atoms with Gasteiger partial charge in [-0.2, -0.15) is 0 Å². The lowest BCUT2D eigenvalue weighted by Crippen LogP contribution is -2.38. The van der Waals surface area contributed by atoms with Crippen LogP contribution in [0.15, 0.2) is 18.2 Å². The van der Waals surface area contributed by atoms with E-state index in [9.17, 15) is 4.39 Å². The Morgan fingerprint density at radius 2 is 2.05 bits per heavy atom. The third-order valence-corrected chi connectivity index (χ3v) is 4.75. The summed E-state index contributed by atoms with van der Waals surface area (Å²) in [6.45, 7) is 2.67. The molecule has 1 N–H and O–H groups in total. The van der Waals surface area contributed by atoms with E-state index in [1.54, 1.807) is 6.07 Å². The van der Waals surface area contributed by atoms with Crippen LogP contribution in [0.25, 0.3) is 0 Å². The molecule has 1 aromatic rings. The molecule has 1 saturated carbocycles. The van der Waals surface area contributed by atoms with E-state index in [-0.39, 0.29) is 18.0 Å². The van der Waals surface area contributed by atoms with Crippen LogP contribution in [-0.4, -0.2) is 19.8 Å². The minimum Gasteiger partial charge on any atom is -0.376 e. The molecule has 0 saturated heterocycles. The van der Waals surface area contributed by atoms with Crippen LogP contribution in [0.2, 0.25) is 5.02 Å². The van der Waals surface area contributed by atoms with Crippen molar-refractivity contribution in [2.24, 2.45) is 5.92 Å². The molecule has 1 fully saturated rings. The Labute approximate surface area is 132 Å². The van der Waals surface area contributed by atoms with Gasteiger partial charge >= 0.3 is 0 Å². The molecule has 0 heterocycles. The molecule has 2 atom stereocenters. The number of ether oxygens (including phenoxy) is 1. The maximum Gasteiger partial charge on any atom is 0.123 e. The van der Waals surface area contributed by atoms with Crippen molar-refractivity contribution in [2.45, 2.75) is 51.2 Å². The Hall–Kier alpha value is -0.640. The highest BCUT2D eigenvalue weighted by atomic mass is 35.5. The smallest absolute Gasteiger partial charge is 0.123 e. The van der Waals surface area contributed by atoms with E-state index >= 15 is 0 Å². The fraction of sp³-hybridized carbons (Fsp3) is 0.647. The third-order valence-electron chi connectivity index (χ3n) is 4.41. The van der Waals surface area contributed by atoms with Crippen molar-refractivity contribution >= 4 is 11.6 Å². The average Bonchev–Trinajstić information content (AvgIpc) is 2.51. The van der Waals surface area contributed by atoms with Gasteiger partial charge in [-0.3, -0.25) is 0 Å². The molecule has 1 aliphatic rings. The summed E-state index contributed by atoms with van der Waals surface area (Å²) in [5.41, 5.74) is 0.795. The minimum atomic E-state index is -0.256. The van der Waals surface area contributed by atoms with Crippen molar-refractivity contribution in [3.05, 3.63) is 34.6 Å². The van der Waals surface area contributed by atoms with Gasteiger partial charge in [0, 0.05) is 11.6 Å². The topological polar surface area (TPSA) is 21.3 Å². The summed E-state index contributed by atoms with van der Waals surface area (Å²) >= 11 is 6.29. The molecule has 2 rings (SSSR count). The lowest BCUT2D eigenvalue weighted by atomic mass is 9.81. The highest BCUT2D eigenvalue weighted by molar-refractivity contribution is 6.31. The van der Waals surface area contributed by atoms with Gasteiger partial charge in [0.05, 0.1) is 12.1 Å². The SMILES string of the molecule is CCOC(C1CCCCC1)C(NC)c1cc(F)ccc1Cl. The number of nitrogens with one attached hydrogen (secondary N) is 1. The summed E-state index contributed by atoms with van der Waals surface area (Å²) in [4.78, 5) is 0. The van der Waals surface area contributed by atoms with Crippen LogP contribution >= 0.6 is 11.6 Å². The summed E-state index contributed by atoms with van der Waals surface area (Å²) in [6.07, 6.45) is 6.20. The maximum absolute atomic E-state index is 13.6. The Balaban J connectivity index is 2.27. The van der Waals surface area contributed by atoms with E-state index in [4.69, 9.17) is 16.3 Å². The van der Waals surface area contributed by atoms with Gasteiger partial charge in [-0.05, 0) is 56.5 Å². The quantitative estimate of drug-likeness (QED) is 0.820. The fourth-order valence-corrected chi connectivity index (χ4v) is 3.64. The van der Waals surface area contributed by atoms with Crippen LogP contribution in [0.3, 0.4) is 0 Å². The highest BCUT2D eigenvalue weighted by Gasteiger charge is 2.32. The zero-order valence-corrected chi connectivity index (χ0v) is 13.6. The molecular formula is C17H25ClFNO. The first-order chi connectivity index (χ1) is 10.2. The first-order valence-electron chi connectivity index (χ1n) is 7.91. The summed E-state index contributed by atoms with van der Waals surface area (Å²) in [6, 6.07) is 4.48. The first kappa shape index (κ1) is 16.7. The number of halogens is 2. The van der Waals surface area contributed by atoms with Crippen LogP contribution in [-0.2, 0) is 4.74 Å². The standard InChI is InChI=1S/C17H25ClFNO/c1-3-21-17(12-7-5-4-6-8-12)16(20-2)14-11-13(19)9-10-15(14)18/h9-12,16-17,20H,3-8H2,1-2H3. The van der Waals surface area contributed by atoms with Crippen molar-refractivity contribution in [1.29, 1.82) is 0 Å². The largest absolute Gasteiger partial charge is 0.376 e. The van der Waals surface area contributed by atoms with Gasteiger partial charge in [0.1, 0.15) is 5.82 Å². The molecule has 1 aliphatic carbocycles. The van der Waals surface area contributed by atoms with Crippen molar-refractivity contribution in [3.8, 4) is 0 Å². The van der Waals surface area contributed by atoms with Gasteiger partial charge in [0.2, 0.25) is 0 Å². The number of benzene rings is 1. The van der Waals surface area contributed by atoms with Gasteiger partial charge in [0.15, 0.2) is 0 Å². The number of likely N-dealkylation sites (N-methyl/N-ethyl adjacent to an activating group) is 1. The summed E-state index contributed by atoms with van der Waals surface area (Å²) in [5.74, 6) is 0.254. The van der Waals surface area contributed by atoms with Gasteiger partial charge in [0.25, 0.3) is 0 Å². The molecule has 2 unspecified atom stereocenters.